The van der Waals surface area contributed by atoms with Crippen molar-refractivity contribution in [2.75, 3.05) is 5.32 Å². The molecule has 0 aliphatic heterocycles. The van der Waals surface area contributed by atoms with Crippen molar-refractivity contribution in [3.05, 3.63) is 21.0 Å². The lowest BCUT2D eigenvalue weighted by Gasteiger charge is -2.07. The first-order valence-electron chi connectivity index (χ1n) is 4.58. The highest BCUT2D eigenvalue weighted by Gasteiger charge is 2.32. The molecule has 1 aromatic rings. The average molecular weight is 258 g/mol. The molecule has 1 aliphatic carbocycles. The highest BCUT2D eigenvalue weighted by molar-refractivity contribution is 9.10. The van der Waals surface area contributed by atoms with Crippen LogP contribution in [-0.4, -0.2) is 15.8 Å². The molecule has 0 radical (unpaired) electrons. The summed E-state index contributed by atoms with van der Waals surface area (Å²) in [5.74, 6) is 0.700. The van der Waals surface area contributed by atoms with E-state index in [0.29, 0.717) is 16.4 Å². The number of nitrogens with one attached hydrogen (secondary N) is 1. The van der Waals surface area contributed by atoms with E-state index in [1.807, 2.05) is 0 Å². The van der Waals surface area contributed by atoms with Crippen LogP contribution in [0.15, 0.2) is 15.5 Å². The number of anilines is 1. The van der Waals surface area contributed by atoms with Gasteiger partial charge in [0.2, 0.25) is 0 Å². The van der Waals surface area contributed by atoms with Gasteiger partial charge in [0.05, 0.1) is 11.9 Å². The van der Waals surface area contributed by atoms with E-state index in [4.69, 9.17) is 0 Å². The minimum Gasteiger partial charge on any atom is -0.380 e. The summed E-state index contributed by atoms with van der Waals surface area (Å²) in [6, 6.07) is 0.500. The minimum atomic E-state index is -0.108. The molecule has 0 aromatic carbocycles. The summed E-state index contributed by atoms with van der Waals surface area (Å²) in [4.78, 5) is 11.5. The number of halogens is 1. The van der Waals surface area contributed by atoms with Gasteiger partial charge in [-0.2, -0.15) is 5.10 Å². The molecule has 1 aromatic heterocycles. The van der Waals surface area contributed by atoms with Gasteiger partial charge in [-0.3, -0.25) is 4.79 Å². The van der Waals surface area contributed by atoms with Crippen LogP contribution in [0.25, 0.3) is 0 Å². The maximum atomic E-state index is 11.5. The Balaban J connectivity index is 2.26. The Morgan fingerprint density at radius 2 is 2.36 bits per heavy atom. The molecule has 2 rings (SSSR count). The predicted octanol–water partition coefficient (Wildman–Crippen LogP) is 1.36. The third-order valence-corrected chi connectivity index (χ3v) is 3.29. The van der Waals surface area contributed by atoms with Gasteiger partial charge in [-0.25, -0.2) is 4.68 Å². The second-order valence-electron chi connectivity index (χ2n) is 3.76. The van der Waals surface area contributed by atoms with Gasteiger partial charge in [0.1, 0.15) is 4.47 Å². The zero-order valence-electron chi connectivity index (χ0n) is 8.12. The van der Waals surface area contributed by atoms with E-state index in [0.717, 1.165) is 5.69 Å². The number of hydrogen-bond donors (Lipinski definition) is 1. The Morgan fingerprint density at radius 1 is 1.71 bits per heavy atom. The number of aryl methyl sites for hydroxylation is 1. The van der Waals surface area contributed by atoms with Crippen molar-refractivity contribution >= 4 is 21.6 Å². The predicted molar refractivity (Wildman–Crippen MR) is 58.4 cm³/mol. The van der Waals surface area contributed by atoms with Gasteiger partial charge in [-0.05, 0) is 28.3 Å². The summed E-state index contributed by atoms with van der Waals surface area (Å²) < 4.78 is 1.88. The van der Waals surface area contributed by atoms with Gasteiger partial charge in [0.15, 0.2) is 0 Å². The highest BCUT2D eigenvalue weighted by Crippen LogP contribution is 2.33. The molecule has 0 saturated heterocycles. The number of hydrogen-bond acceptors (Lipinski definition) is 3. The van der Waals surface area contributed by atoms with Gasteiger partial charge in [0.25, 0.3) is 5.56 Å². The molecule has 4 nitrogen and oxygen atoms in total. The standard InChI is InChI=1S/C9H12BrN3O/c1-5-3-6(5)12-7-4-11-13(2)9(14)8(7)10/h4-6,12H,3H2,1-2H3. The van der Waals surface area contributed by atoms with Crippen molar-refractivity contribution < 1.29 is 0 Å². The van der Waals surface area contributed by atoms with Gasteiger partial charge < -0.3 is 5.32 Å². The van der Waals surface area contributed by atoms with E-state index >= 15 is 0 Å². The van der Waals surface area contributed by atoms with E-state index < -0.39 is 0 Å². The SMILES string of the molecule is CC1CC1Nc1cnn(C)c(=O)c1Br. The number of rotatable bonds is 2. The van der Waals surface area contributed by atoms with Crippen LogP contribution < -0.4 is 10.9 Å². The maximum absolute atomic E-state index is 11.5. The fourth-order valence-corrected chi connectivity index (χ4v) is 1.81. The smallest absolute Gasteiger partial charge is 0.282 e. The molecular weight excluding hydrogens is 246 g/mol. The van der Waals surface area contributed by atoms with Crippen molar-refractivity contribution in [3.63, 3.8) is 0 Å². The summed E-state index contributed by atoms with van der Waals surface area (Å²) in [5.41, 5.74) is 0.686. The van der Waals surface area contributed by atoms with Crippen molar-refractivity contribution in [3.8, 4) is 0 Å². The quantitative estimate of drug-likeness (QED) is 0.871. The summed E-state index contributed by atoms with van der Waals surface area (Å²) in [6.45, 7) is 2.18. The van der Waals surface area contributed by atoms with Crippen LogP contribution in [-0.2, 0) is 7.05 Å². The molecule has 1 N–H and O–H groups in total. The fraction of sp³-hybridized carbons (Fsp3) is 0.556. The Bertz CT molecular complexity index is 415. The van der Waals surface area contributed by atoms with Crippen LogP contribution in [0.4, 0.5) is 5.69 Å². The Morgan fingerprint density at radius 3 is 2.93 bits per heavy atom. The molecule has 14 heavy (non-hydrogen) atoms. The molecule has 0 spiro atoms. The molecular formula is C9H12BrN3O. The largest absolute Gasteiger partial charge is 0.380 e. The Labute approximate surface area is 90.4 Å². The molecule has 1 fully saturated rings. The fourth-order valence-electron chi connectivity index (χ4n) is 1.33. The first-order chi connectivity index (χ1) is 6.59. The lowest BCUT2D eigenvalue weighted by Crippen LogP contribution is -2.21. The topological polar surface area (TPSA) is 46.9 Å². The summed E-state index contributed by atoms with van der Waals surface area (Å²) >= 11 is 3.27. The van der Waals surface area contributed by atoms with Crippen molar-refractivity contribution in [1.82, 2.24) is 9.78 Å². The third kappa shape index (κ3) is 1.68. The van der Waals surface area contributed by atoms with Crippen molar-refractivity contribution in [1.29, 1.82) is 0 Å². The van der Waals surface area contributed by atoms with E-state index in [1.54, 1.807) is 13.2 Å². The van der Waals surface area contributed by atoms with E-state index in [9.17, 15) is 4.79 Å². The zero-order chi connectivity index (χ0) is 10.3. The van der Waals surface area contributed by atoms with Gasteiger partial charge >= 0.3 is 0 Å². The lowest BCUT2D eigenvalue weighted by atomic mass is 10.4. The first kappa shape index (κ1) is 9.71. The summed E-state index contributed by atoms with van der Waals surface area (Å²) in [6.07, 6.45) is 2.85. The van der Waals surface area contributed by atoms with Crippen LogP contribution >= 0.6 is 15.9 Å². The lowest BCUT2D eigenvalue weighted by molar-refractivity contribution is 0.702. The van der Waals surface area contributed by atoms with Crippen molar-refractivity contribution in [2.45, 2.75) is 19.4 Å². The van der Waals surface area contributed by atoms with Crippen LogP contribution in [0.1, 0.15) is 13.3 Å². The van der Waals surface area contributed by atoms with Crippen LogP contribution in [0.3, 0.4) is 0 Å². The highest BCUT2D eigenvalue weighted by atomic mass is 79.9. The summed E-state index contributed by atoms with van der Waals surface area (Å²) in [7, 11) is 1.64. The Kier molecular flexibility index (Phi) is 2.34. The van der Waals surface area contributed by atoms with E-state index in [-0.39, 0.29) is 5.56 Å². The average Bonchev–Trinajstić information content (AvgIpc) is 2.83. The van der Waals surface area contributed by atoms with Crippen LogP contribution in [0, 0.1) is 5.92 Å². The molecule has 2 atom stereocenters. The number of nitrogens with zero attached hydrogens (tertiary/aromatic N) is 2. The summed E-state index contributed by atoms with van der Waals surface area (Å²) in [5, 5.41) is 7.24. The molecule has 1 heterocycles. The van der Waals surface area contributed by atoms with Crippen LogP contribution in [0.2, 0.25) is 0 Å². The zero-order valence-corrected chi connectivity index (χ0v) is 9.71. The van der Waals surface area contributed by atoms with Gasteiger partial charge in [-0.15, -0.1) is 0 Å². The minimum absolute atomic E-state index is 0.108. The van der Waals surface area contributed by atoms with Crippen LogP contribution in [0.5, 0.6) is 0 Å². The third-order valence-electron chi connectivity index (χ3n) is 2.53. The number of aromatic nitrogens is 2. The first-order valence-corrected chi connectivity index (χ1v) is 5.37. The monoisotopic (exact) mass is 257 g/mol. The van der Waals surface area contributed by atoms with Gasteiger partial charge in [0, 0.05) is 13.1 Å². The Hall–Kier alpha value is -0.840. The van der Waals surface area contributed by atoms with Gasteiger partial charge in [-0.1, -0.05) is 6.92 Å². The van der Waals surface area contributed by atoms with E-state index in [2.05, 4.69) is 33.3 Å². The molecule has 0 bridgehead atoms. The molecule has 1 saturated carbocycles. The normalized spacial score (nSPS) is 24.8. The molecule has 0 amide bonds. The van der Waals surface area contributed by atoms with Crippen molar-refractivity contribution in [2.24, 2.45) is 13.0 Å². The second-order valence-corrected chi connectivity index (χ2v) is 4.56. The molecule has 76 valence electrons. The molecule has 1 aliphatic rings. The van der Waals surface area contributed by atoms with E-state index in [1.165, 1.54) is 11.1 Å². The molecule has 5 heteroatoms. The second kappa shape index (κ2) is 3.38. The maximum Gasteiger partial charge on any atom is 0.282 e. The molecule has 2 unspecified atom stereocenters.